The molecule has 4 rings (SSSR count). The SMILES string of the molecule is C[C@]12CCC(C=O)C=C1CC[C@@H]1[C@@H]2C(C=O)C[C@]2(C)C(C=O)CC[C@@H]12. The Morgan fingerprint density at radius 2 is 1.80 bits per heavy atom. The standard InChI is InChI=1S/C22H30O3/c1-21-8-7-14(11-23)9-16(21)3-5-18-19-6-4-17(13-25)22(19,2)10-15(12-24)20(18)21/h9,11-15,17-20H,3-8,10H2,1-2H3/t14?,15?,17?,18-,19-,20-,21-,22+/m0/s1. The van der Waals surface area contributed by atoms with Crippen molar-refractivity contribution in [2.45, 2.75) is 58.8 Å². The van der Waals surface area contributed by atoms with Crippen molar-refractivity contribution in [1.29, 1.82) is 0 Å². The van der Waals surface area contributed by atoms with Gasteiger partial charge < -0.3 is 14.4 Å². The van der Waals surface area contributed by atoms with Crippen molar-refractivity contribution in [1.82, 2.24) is 0 Å². The summed E-state index contributed by atoms with van der Waals surface area (Å²) < 4.78 is 0. The molecule has 3 unspecified atom stereocenters. The maximum atomic E-state index is 12.1. The van der Waals surface area contributed by atoms with Crippen molar-refractivity contribution in [2.24, 2.45) is 46.3 Å². The van der Waals surface area contributed by atoms with Crippen LogP contribution in [0.3, 0.4) is 0 Å². The molecule has 0 aliphatic heterocycles. The first kappa shape index (κ1) is 17.2. The van der Waals surface area contributed by atoms with Gasteiger partial charge in [-0.15, -0.1) is 0 Å². The van der Waals surface area contributed by atoms with Gasteiger partial charge in [0.2, 0.25) is 0 Å². The molecule has 0 N–H and O–H groups in total. The van der Waals surface area contributed by atoms with Crippen LogP contribution in [0.5, 0.6) is 0 Å². The zero-order valence-electron chi connectivity index (χ0n) is 15.4. The molecule has 136 valence electrons. The highest BCUT2D eigenvalue weighted by Gasteiger charge is 2.61. The van der Waals surface area contributed by atoms with Gasteiger partial charge in [-0.05, 0) is 73.5 Å². The summed E-state index contributed by atoms with van der Waals surface area (Å²) in [5.41, 5.74) is 1.50. The summed E-state index contributed by atoms with van der Waals surface area (Å²) >= 11 is 0. The lowest BCUT2D eigenvalue weighted by molar-refractivity contribution is -0.135. The Kier molecular flexibility index (Phi) is 4.05. The van der Waals surface area contributed by atoms with E-state index in [1.807, 2.05) is 0 Å². The average Bonchev–Trinajstić information content (AvgIpc) is 2.96. The number of rotatable bonds is 3. The smallest absolute Gasteiger partial charge is 0.126 e. The molecule has 0 spiro atoms. The van der Waals surface area contributed by atoms with Crippen molar-refractivity contribution in [3.05, 3.63) is 11.6 Å². The van der Waals surface area contributed by atoms with Crippen molar-refractivity contribution in [2.75, 3.05) is 0 Å². The minimum atomic E-state index is 0.00602. The Morgan fingerprint density at radius 3 is 2.48 bits per heavy atom. The largest absolute Gasteiger partial charge is 0.303 e. The molecular weight excluding hydrogens is 312 g/mol. The van der Waals surface area contributed by atoms with Crippen molar-refractivity contribution in [3.63, 3.8) is 0 Å². The average molecular weight is 342 g/mol. The fraction of sp³-hybridized carbons (Fsp3) is 0.773. The van der Waals surface area contributed by atoms with Gasteiger partial charge in [0.1, 0.15) is 18.9 Å². The van der Waals surface area contributed by atoms with E-state index < -0.39 is 0 Å². The third-order valence-electron chi connectivity index (χ3n) is 8.74. The minimum Gasteiger partial charge on any atom is -0.303 e. The number of fused-ring (bicyclic) bond motifs is 5. The molecular formula is C22H30O3. The van der Waals surface area contributed by atoms with E-state index in [-0.39, 0.29) is 28.6 Å². The third-order valence-corrected chi connectivity index (χ3v) is 8.74. The van der Waals surface area contributed by atoms with Gasteiger partial charge in [0, 0.05) is 17.8 Å². The van der Waals surface area contributed by atoms with Crippen molar-refractivity contribution >= 4 is 18.9 Å². The summed E-state index contributed by atoms with van der Waals surface area (Å²) in [5.74, 6) is 1.75. The molecule has 3 saturated carbocycles. The number of hydrogen-bond acceptors (Lipinski definition) is 3. The summed E-state index contributed by atoms with van der Waals surface area (Å²) in [5, 5.41) is 0. The van der Waals surface area contributed by atoms with Crippen LogP contribution in [0.4, 0.5) is 0 Å². The fourth-order valence-corrected chi connectivity index (χ4v) is 7.52. The highest BCUT2D eigenvalue weighted by molar-refractivity contribution is 5.60. The van der Waals surface area contributed by atoms with E-state index >= 15 is 0 Å². The molecule has 3 heteroatoms. The Hall–Kier alpha value is -1.25. The first-order valence-electron chi connectivity index (χ1n) is 10.0. The number of aldehydes is 3. The van der Waals surface area contributed by atoms with E-state index in [1.165, 1.54) is 11.9 Å². The molecule has 8 atom stereocenters. The summed E-state index contributed by atoms with van der Waals surface area (Å²) in [4.78, 5) is 35.0. The predicted molar refractivity (Wildman–Crippen MR) is 95.7 cm³/mol. The van der Waals surface area contributed by atoms with Crippen LogP contribution in [0, 0.1) is 46.3 Å². The van der Waals surface area contributed by atoms with E-state index in [2.05, 4.69) is 19.9 Å². The molecule has 4 aliphatic rings. The van der Waals surface area contributed by atoms with Crippen LogP contribution in [-0.2, 0) is 14.4 Å². The molecule has 0 aromatic rings. The second kappa shape index (κ2) is 5.89. The summed E-state index contributed by atoms with van der Waals surface area (Å²) in [6, 6.07) is 0. The molecule has 25 heavy (non-hydrogen) atoms. The van der Waals surface area contributed by atoms with Crippen LogP contribution >= 0.6 is 0 Å². The number of carbonyl (C=O) groups is 3. The quantitative estimate of drug-likeness (QED) is 0.575. The predicted octanol–water partition coefficient (Wildman–Crippen LogP) is 4.00. The highest BCUT2D eigenvalue weighted by atomic mass is 16.1. The summed E-state index contributed by atoms with van der Waals surface area (Å²) in [6.45, 7) is 4.62. The van der Waals surface area contributed by atoms with E-state index in [0.29, 0.717) is 17.8 Å². The zero-order valence-corrected chi connectivity index (χ0v) is 15.4. The second-order valence-electron chi connectivity index (χ2n) is 9.61. The molecule has 0 aromatic carbocycles. The molecule has 0 radical (unpaired) electrons. The van der Waals surface area contributed by atoms with Crippen molar-refractivity contribution < 1.29 is 14.4 Å². The molecule has 0 amide bonds. The van der Waals surface area contributed by atoms with E-state index in [0.717, 1.165) is 57.5 Å². The van der Waals surface area contributed by atoms with Gasteiger partial charge in [-0.3, -0.25) is 0 Å². The number of hydrogen-bond donors (Lipinski definition) is 0. The van der Waals surface area contributed by atoms with Crippen LogP contribution in [0.2, 0.25) is 0 Å². The monoisotopic (exact) mass is 342 g/mol. The third kappa shape index (κ3) is 2.27. The van der Waals surface area contributed by atoms with Gasteiger partial charge in [-0.2, -0.15) is 0 Å². The Labute approximate surface area is 150 Å². The van der Waals surface area contributed by atoms with Gasteiger partial charge in [0.15, 0.2) is 0 Å². The first-order chi connectivity index (χ1) is 12.0. The highest BCUT2D eigenvalue weighted by Crippen LogP contribution is 2.67. The molecule has 0 heterocycles. The van der Waals surface area contributed by atoms with Gasteiger partial charge in [0.05, 0.1) is 0 Å². The lowest BCUT2D eigenvalue weighted by Crippen LogP contribution is -2.55. The van der Waals surface area contributed by atoms with Crippen LogP contribution in [-0.4, -0.2) is 18.9 Å². The van der Waals surface area contributed by atoms with Gasteiger partial charge in [0.25, 0.3) is 0 Å². The number of allylic oxidation sites excluding steroid dienone is 2. The zero-order chi connectivity index (χ0) is 17.8. The minimum absolute atomic E-state index is 0.00602. The van der Waals surface area contributed by atoms with E-state index in [4.69, 9.17) is 0 Å². The maximum absolute atomic E-state index is 12.1. The number of carbonyl (C=O) groups excluding carboxylic acids is 3. The second-order valence-corrected chi connectivity index (χ2v) is 9.61. The normalized spacial score (nSPS) is 51.5. The van der Waals surface area contributed by atoms with Crippen LogP contribution < -0.4 is 0 Å². The summed E-state index contributed by atoms with van der Waals surface area (Å²) in [6.07, 6.45) is 12.8. The Morgan fingerprint density at radius 1 is 1.00 bits per heavy atom. The maximum Gasteiger partial charge on any atom is 0.126 e. The topological polar surface area (TPSA) is 51.2 Å². The summed E-state index contributed by atoms with van der Waals surface area (Å²) in [7, 11) is 0. The lowest BCUT2D eigenvalue weighted by atomic mass is 9.44. The van der Waals surface area contributed by atoms with E-state index in [1.54, 1.807) is 0 Å². The van der Waals surface area contributed by atoms with Crippen LogP contribution in [0.25, 0.3) is 0 Å². The molecule has 0 aromatic heterocycles. The van der Waals surface area contributed by atoms with Gasteiger partial charge >= 0.3 is 0 Å². The molecule has 0 saturated heterocycles. The van der Waals surface area contributed by atoms with Crippen LogP contribution in [0.1, 0.15) is 58.8 Å². The molecule has 3 fully saturated rings. The lowest BCUT2D eigenvalue weighted by Gasteiger charge is -2.60. The molecule has 3 nitrogen and oxygen atoms in total. The first-order valence-corrected chi connectivity index (χ1v) is 10.0. The van der Waals surface area contributed by atoms with Crippen LogP contribution in [0.15, 0.2) is 11.6 Å². The molecule has 4 aliphatic carbocycles. The van der Waals surface area contributed by atoms with Gasteiger partial charge in [-0.25, -0.2) is 0 Å². The van der Waals surface area contributed by atoms with E-state index in [9.17, 15) is 14.4 Å². The molecule has 0 bridgehead atoms. The Balaban J connectivity index is 1.74. The van der Waals surface area contributed by atoms with Crippen molar-refractivity contribution in [3.8, 4) is 0 Å². The van der Waals surface area contributed by atoms with Gasteiger partial charge in [-0.1, -0.05) is 25.5 Å². The Bertz CT molecular complexity index is 623. The fourth-order valence-electron chi connectivity index (χ4n) is 7.52.